The summed E-state index contributed by atoms with van der Waals surface area (Å²) in [5.74, 6) is -0.541. The van der Waals surface area contributed by atoms with Crippen LogP contribution in [0.5, 0.6) is 5.75 Å². The van der Waals surface area contributed by atoms with Crippen LogP contribution in [-0.4, -0.2) is 16.5 Å². The van der Waals surface area contributed by atoms with Gasteiger partial charge in [-0.05, 0) is 13.0 Å². The lowest BCUT2D eigenvalue weighted by Crippen LogP contribution is -2.09. The van der Waals surface area contributed by atoms with Gasteiger partial charge in [-0.2, -0.15) is 0 Å². The highest BCUT2D eigenvalue weighted by atomic mass is 35.5. The van der Waals surface area contributed by atoms with Crippen LogP contribution in [0.15, 0.2) is 18.2 Å². The zero-order valence-corrected chi connectivity index (χ0v) is 9.60. The molecule has 0 saturated heterocycles. The average Bonchev–Trinajstić information content (AvgIpc) is 2.20. The Bertz CT molecular complexity index is 331. The summed E-state index contributed by atoms with van der Waals surface area (Å²) in [5.41, 5.74) is 0.0379. The second-order valence-corrected chi connectivity index (χ2v) is 4.04. The first-order chi connectivity index (χ1) is 7.07. The number of halogens is 3. The van der Waals surface area contributed by atoms with Gasteiger partial charge in [-0.15, -0.1) is 23.2 Å². The molecule has 0 amide bonds. The monoisotopic (exact) mass is 252 g/mol. The fraction of sp³-hybridized carbons (Fsp3) is 0.400. The molecular weight excluding hydrogens is 242 g/mol. The predicted octanol–water partition coefficient (Wildman–Crippen LogP) is 3.06. The standard InChI is InChI=1S/C10H11Cl2FO2/c1-2-15-7-5-3-4-6(8(7)13)9(14)10(11)12/h3-5,9-10,14H,2H2,1H3. The van der Waals surface area contributed by atoms with Crippen LogP contribution < -0.4 is 4.74 Å². The Morgan fingerprint density at radius 2 is 2.13 bits per heavy atom. The summed E-state index contributed by atoms with van der Waals surface area (Å²) in [6, 6.07) is 4.47. The van der Waals surface area contributed by atoms with Crippen molar-refractivity contribution in [3.05, 3.63) is 29.6 Å². The van der Waals surface area contributed by atoms with Crippen LogP contribution in [0.4, 0.5) is 4.39 Å². The van der Waals surface area contributed by atoms with E-state index in [0.29, 0.717) is 6.61 Å². The molecule has 0 saturated carbocycles. The molecule has 84 valence electrons. The van der Waals surface area contributed by atoms with Crippen LogP contribution in [0.3, 0.4) is 0 Å². The van der Waals surface area contributed by atoms with Crippen LogP contribution >= 0.6 is 23.2 Å². The van der Waals surface area contributed by atoms with Crippen LogP contribution in [0.1, 0.15) is 18.6 Å². The maximum absolute atomic E-state index is 13.7. The van der Waals surface area contributed by atoms with Gasteiger partial charge in [0.15, 0.2) is 11.6 Å². The van der Waals surface area contributed by atoms with Gasteiger partial charge in [0.25, 0.3) is 0 Å². The molecular formula is C10H11Cl2FO2. The summed E-state index contributed by atoms with van der Waals surface area (Å²) >= 11 is 10.9. The lowest BCUT2D eigenvalue weighted by Gasteiger charge is -2.14. The molecule has 2 nitrogen and oxygen atoms in total. The van der Waals surface area contributed by atoms with Crippen molar-refractivity contribution in [1.29, 1.82) is 0 Å². The third-order valence-corrected chi connectivity index (χ3v) is 2.33. The number of alkyl halides is 2. The first kappa shape index (κ1) is 12.6. The van der Waals surface area contributed by atoms with Gasteiger partial charge in [0.1, 0.15) is 10.9 Å². The molecule has 1 rings (SSSR count). The maximum Gasteiger partial charge on any atom is 0.170 e. The van der Waals surface area contributed by atoms with Crippen LogP contribution in [0, 0.1) is 5.82 Å². The fourth-order valence-electron chi connectivity index (χ4n) is 1.16. The molecule has 1 unspecified atom stereocenters. The number of aliphatic hydroxyl groups excluding tert-OH is 1. The molecule has 1 atom stereocenters. The molecule has 0 aliphatic rings. The summed E-state index contributed by atoms with van der Waals surface area (Å²) in [7, 11) is 0. The van der Waals surface area contributed by atoms with Gasteiger partial charge in [-0.1, -0.05) is 12.1 Å². The SMILES string of the molecule is CCOc1cccc(C(O)C(Cl)Cl)c1F. The summed E-state index contributed by atoms with van der Waals surface area (Å²) in [6.45, 7) is 2.09. The minimum absolute atomic E-state index is 0.0379. The number of hydrogen-bond acceptors (Lipinski definition) is 2. The number of rotatable bonds is 4. The summed E-state index contributed by atoms with van der Waals surface area (Å²) in [6.07, 6.45) is -1.26. The normalized spacial score (nSPS) is 12.9. The predicted molar refractivity (Wildman–Crippen MR) is 58.0 cm³/mol. The van der Waals surface area contributed by atoms with Gasteiger partial charge in [-0.25, -0.2) is 4.39 Å². The molecule has 1 aromatic rings. The molecule has 15 heavy (non-hydrogen) atoms. The summed E-state index contributed by atoms with van der Waals surface area (Å²) in [5, 5.41) is 9.51. The minimum Gasteiger partial charge on any atom is -0.491 e. The molecule has 0 heterocycles. The third-order valence-electron chi connectivity index (χ3n) is 1.85. The van der Waals surface area contributed by atoms with Gasteiger partial charge >= 0.3 is 0 Å². The minimum atomic E-state index is -1.26. The topological polar surface area (TPSA) is 29.5 Å². The highest BCUT2D eigenvalue weighted by Crippen LogP contribution is 2.30. The molecule has 1 aromatic carbocycles. The second-order valence-electron chi connectivity index (χ2n) is 2.87. The van der Waals surface area contributed by atoms with Gasteiger partial charge in [0.2, 0.25) is 0 Å². The zero-order chi connectivity index (χ0) is 11.4. The lowest BCUT2D eigenvalue weighted by molar-refractivity contribution is 0.186. The molecule has 0 radical (unpaired) electrons. The van der Waals surface area contributed by atoms with E-state index in [1.165, 1.54) is 12.1 Å². The highest BCUT2D eigenvalue weighted by Gasteiger charge is 2.21. The first-order valence-electron chi connectivity index (χ1n) is 4.45. The largest absolute Gasteiger partial charge is 0.491 e. The van der Waals surface area contributed by atoms with Gasteiger partial charge in [0.05, 0.1) is 6.61 Å². The Morgan fingerprint density at radius 1 is 1.47 bits per heavy atom. The van der Waals surface area contributed by atoms with E-state index in [4.69, 9.17) is 27.9 Å². The molecule has 5 heteroatoms. The van der Waals surface area contributed by atoms with Crippen molar-refractivity contribution in [2.24, 2.45) is 0 Å². The van der Waals surface area contributed by atoms with Gasteiger partial charge < -0.3 is 9.84 Å². The van der Waals surface area contributed by atoms with E-state index in [1.807, 2.05) is 0 Å². The molecule has 1 N–H and O–H groups in total. The van der Waals surface area contributed by atoms with Crippen LogP contribution in [0.25, 0.3) is 0 Å². The van der Waals surface area contributed by atoms with E-state index < -0.39 is 16.8 Å². The van der Waals surface area contributed by atoms with Crippen molar-refractivity contribution < 1.29 is 14.2 Å². The highest BCUT2D eigenvalue weighted by molar-refractivity contribution is 6.44. The van der Waals surface area contributed by atoms with E-state index >= 15 is 0 Å². The third kappa shape index (κ3) is 2.97. The Hall–Kier alpha value is -0.510. The van der Waals surface area contributed by atoms with Crippen molar-refractivity contribution in [1.82, 2.24) is 0 Å². The molecule has 0 aliphatic heterocycles. The number of hydrogen-bond donors (Lipinski definition) is 1. The van der Waals surface area contributed by atoms with E-state index in [0.717, 1.165) is 0 Å². The first-order valence-corrected chi connectivity index (χ1v) is 5.32. The Morgan fingerprint density at radius 3 is 2.67 bits per heavy atom. The summed E-state index contributed by atoms with van der Waals surface area (Å²) in [4.78, 5) is -1.07. The van der Waals surface area contributed by atoms with E-state index in [2.05, 4.69) is 0 Å². The van der Waals surface area contributed by atoms with Crippen molar-refractivity contribution in [3.63, 3.8) is 0 Å². The second kappa shape index (κ2) is 5.54. The lowest BCUT2D eigenvalue weighted by atomic mass is 10.1. The number of benzene rings is 1. The Kier molecular flexibility index (Phi) is 4.64. The van der Waals surface area contributed by atoms with Gasteiger partial charge in [0, 0.05) is 5.56 Å². The number of ether oxygens (including phenoxy) is 1. The Labute approximate surface area is 97.6 Å². The maximum atomic E-state index is 13.7. The average molecular weight is 253 g/mol. The summed E-state index contributed by atoms with van der Waals surface area (Å²) < 4.78 is 18.7. The van der Waals surface area contributed by atoms with Crippen LogP contribution in [0.2, 0.25) is 0 Å². The van der Waals surface area contributed by atoms with Crippen molar-refractivity contribution in [3.8, 4) is 5.75 Å². The Balaban J connectivity index is 3.03. The molecule has 0 spiro atoms. The molecule has 0 aromatic heterocycles. The fourth-order valence-corrected chi connectivity index (χ4v) is 1.43. The smallest absolute Gasteiger partial charge is 0.170 e. The van der Waals surface area contributed by atoms with E-state index in [-0.39, 0.29) is 11.3 Å². The quantitative estimate of drug-likeness (QED) is 0.835. The molecule has 0 fully saturated rings. The van der Waals surface area contributed by atoms with Gasteiger partial charge in [-0.3, -0.25) is 0 Å². The van der Waals surface area contributed by atoms with Crippen molar-refractivity contribution in [2.45, 2.75) is 17.9 Å². The number of aliphatic hydroxyl groups is 1. The molecule has 0 aliphatic carbocycles. The van der Waals surface area contributed by atoms with Crippen molar-refractivity contribution in [2.75, 3.05) is 6.61 Å². The van der Waals surface area contributed by atoms with E-state index in [9.17, 15) is 9.50 Å². The van der Waals surface area contributed by atoms with E-state index in [1.54, 1.807) is 13.0 Å². The zero-order valence-electron chi connectivity index (χ0n) is 8.08. The molecule has 0 bridgehead atoms. The van der Waals surface area contributed by atoms with Crippen LogP contribution in [-0.2, 0) is 0 Å². The van der Waals surface area contributed by atoms with Crippen molar-refractivity contribution >= 4 is 23.2 Å².